The van der Waals surface area contributed by atoms with Gasteiger partial charge in [-0.1, -0.05) is 40.8 Å². The third-order valence-electron chi connectivity index (χ3n) is 1.99. The van der Waals surface area contributed by atoms with Crippen LogP contribution in [0.5, 0.6) is 5.75 Å². The molecule has 5 nitrogen and oxygen atoms in total. The summed E-state index contributed by atoms with van der Waals surface area (Å²) in [6, 6.07) is 6.87. The first-order valence-corrected chi connectivity index (χ1v) is 7.65. The van der Waals surface area contributed by atoms with E-state index in [1.807, 2.05) is 6.26 Å². The van der Waals surface area contributed by atoms with E-state index in [1.54, 1.807) is 24.3 Å². The first-order valence-electron chi connectivity index (χ1n) is 5.23. The van der Waals surface area contributed by atoms with E-state index < -0.39 is 0 Å². The fraction of sp³-hybridized carbons (Fsp3) is 0.182. The Morgan fingerprint density at radius 3 is 3.05 bits per heavy atom. The predicted octanol–water partition coefficient (Wildman–Crippen LogP) is 2.93. The Morgan fingerprint density at radius 1 is 1.53 bits per heavy atom. The molecule has 0 unspecified atom stereocenters. The molecule has 0 fully saturated rings. The monoisotopic (exact) mass is 315 g/mol. The molecule has 1 aromatic carbocycles. The lowest BCUT2D eigenvalue weighted by molar-refractivity contribution is -0.118. The summed E-state index contributed by atoms with van der Waals surface area (Å²) in [5, 5.41) is 11.4. The van der Waals surface area contributed by atoms with Crippen LogP contribution in [0.1, 0.15) is 0 Å². The van der Waals surface area contributed by atoms with Crippen molar-refractivity contribution in [3.05, 3.63) is 29.3 Å². The van der Waals surface area contributed by atoms with Crippen LogP contribution in [0, 0.1) is 0 Å². The average molecular weight is 316 g/mol. The highest BCUT2D eigenvalue weighted by atomic mass is 35.5. The number of ether oxygens (including phenoxy) is 1. The molecule has 0 radical (unpaired) electrons. The number of aromatic nitrogens is 2. The predicted molar refractivity (Wildman–Crippen MR) is 77.3 cm³/mol. The van der Waals surface area contributed by atoms with Crippen molar-refractivity contribution in [2.24, 2.45) is 0 Å². The van der Waals surface area contributed by atoms with E-state index in [1.165, 1.54) is 23.1 Å². The number of nitrogens with zero attached hydrogens (tertiary/aromatic N) is 2. The molecule has 0 atom stereocenters. The Balaban J connectivity index is 1.84. The lowest BCUT2D eigenvalue weighted by Gasteiger charge is -2.05. The van der Waals surface area contributed by atoms with Gasteiger partial charge < -0.3 is 4.74 Å². The lowest BCUT2D eigenvalue weighted by atomic mass is 10.3. The molecule has 100 valence electrons. The number of amides is 1. The van der Waals surface area contributed by atoms with E-state index in [4.69, 9.17) is 16.3 Å². The van der Waals surface area contributed by atoms with Gasteiger partial charge in [0.05, 0.1) is 0 Å². The van der Waals surface area contributed by atoms with Crippen LogP contribution in [0.3, 0.4) is 0 Å². The van der Waals surface area contributed by atoms with Gasteiger partial charge in [0.15, 0.2) is 10.9 Å². The summed E-state index contributed by atoms with van der Waals surface area (Å²) in [5.41, 5.74) is 0. The zero-order valence-corrected chi connectivity index (χ0v) is 12.3. The smallest absolute Gasteiger partial charge is 0.264 e. The van der Waals surface area contributed by atoms with Crippen LogP contribution in [-0.2, 0) is 4.79 Å². The van der Waals surface area contributed by atoms with Crippen molar-refractivity contribution in [2.45, 2.75) is 4.34 Å². The number of thioether (sulfide) groups is 1. The minimum Gasteiger partial charge on any atom is -0.484 e. The van der Waals surface area contributed by atoms with Crippen LogP contribution < -0.4 is 10.1 Å². The normalized spacial score (nSPS) is 10.2. The fourth-order valence-corrected chi connectivity index (χ4v) is 2.57. The zero-order chi connectivity index (χ0) is 13.7. The van der Waals surface area contributed by atoms with E-state index in [0.29, 0.717) is 15.9 Å². The van der Waals surface area contributed by atoms with E-state index in [0.717, 1.165) is 4.34 Å². The van der Waals surface area contributed by atoms with E-state index in [-0.39, 0.29) is 12.5 Å². The summed E-state index contributed by atoms with van der Waals surface area (Å²) in [5.74, 6) is 0.258. The van der Waals surface area contributed by atoms with Crippen molar-refractivity contribution in [1.29, 1.82) is 0 Å². The maximum absolute atomic E-state index is 11.6. The molecule has 0 saturated carbocycles. The second kappa shape index (κ2) is 6.74. The van der Waals surface area contributed by atoms with Crippen molar-refractivity contribution < 1.29 is 9.53 Å². The number of benzene rings is 1. The molecule has 0 saturated heterocycles. The maximum atomic E-state index is 11.6. The Bertz CT molecular complexity index is 577. The minimum atomic E-state index is -0.288. The van der Waals surface area contributed by atoms with Crippen molar-refractivity contribution in [1.82, 2.24) is 10.2 Å². The summed E-state index contributed by atoms with van der Waals surface area (Å²) in [7, 11) is 0. The number of hydrogen-bond donors (Lipinski definition) is 1. The van der Waals surface area contributed by atoms with Crippen LogP contribution >= 0.6 is 34.7 Å². The SMILES string of the molecule is CSc1nnc(NC(=O)COc2cccc(Cl)c2)s1. The number of halogens is 1. The first-order chi connectivity index (χ1) is 9.17. The van der Waals surface area contributed by atoms with Crippen molar-refractivity contribution in [2.75, 3.05) is 18.2 Å². The third-order valence-corrected chi connectivity index (χ3v) is 4.04. The minimum absolute atomic E-state index is 0.103. The number of carbonyl (C=O) groups is 1. The van der Waals surface area contributed by atoms with Gasteiger partial charge >= 0.3 is 0 Å². The van der Waals surface area contributed by atoms with Crippen LogP contribution in [0.2, 0.25) is 5.02 Å². The molecule has 0 aliphatic heterocycles. The van der Waals surface area contributed by atoms with Gasteiger partial charge in [-0.15, -0.1) is 10.2 Å². The second-order valence-corrected chi connectivity index (χ2v) is 5.84. The molecule has 8 heteroatoms. The quantitative estimate of drug-likeness (QED) is 0.679. The first kappa shape index (κ1) is 14.1. The van der Waals surface area contributed by atoms with Crippen molar-refractivity contribution in [3.63, 3.8) is 0 Å². The average Bonchev–Trinajstić information content (AvgIpc) is 2.84. The molecular weight excluding hydrogens is 306 g/mol. The maximum Gasteiger partial charge on any atom is 0.264 e. The fourth-order valence-electron chi connectivity index (χ4n) is 1.20. The summed E-state index contributed by atoms with van der Waals surface area (Å²) in [6.07, 6.45) is 1.90. The van der Waals surface area contributed by atoms with Gasteiger partial charge in [0, 0.05) is 5.02 Å². The molecule has 1 amide bonds. The Labute approximate surface area is 123 Å². The van der Waals surface area contributed by atoms with E-state index in [2.05, 4.69) is 15.5 Å². The van der Waals surface area contributed by atoms with Crippen LogP contribution in [0.15, 0.2) is 28.6 Å². The lowest BCUT2D eigenvalue weighted by Crippen LogP contribution is -2.20. The molecule has 2 rings (SSSR count). The Hall–Kier alpha value is -1.31. The number of anilines is 1. The number of hydrogen-bond acceptors (Lipinski definition) is 6. The molecule has 0 aliphatic rings. The van der Waals surface area contributed by atoms with E-state index in [9.17, 15) is 4.79 Å². The van der Waals surface area contributed by atoms with Crippen molar-refractivity contribution >= 4 is 45.7 Å². The summed E-state index contributed by atoms with van der Waals surface area (Å²) in [6.45, 7) is -0.103. The van der Waals surface area contributed by atoms with E-state index >= 15 is 0 Å². The molecule has 19 heavy (non-hydrogen) atoms. The van der Waals surface area contributed by atoms with Gasteiger partial charge in [-0.25, -0.2) is 0 Å². The molecule has 0 spiro atoms. The molecule has 1 heterocycles. The molecule has 1 N–H and O–H groups in total. The highest BCUT2D eigenvalue weighted by Gasteiger charge is 2.08. The highest BCUT2D eigenvalue weighted by Crippen LogP contribution is 2.23. The second-order valence-electron chi connectivity index (χ2n) is 3.37. The highest BCUT2D eigenvalue weighted by molar-refractivity contribution is 8.00. The van der Waals surface area contributed by atoms with Gasteiger partial charge in [-0.3, -0.25) is 10.1 Å². The molecule has 1 aromatic heterocycles. The van der Waals surface area contributed by atoms with Gasteiger partial charge in [-0.2, -0.15) is 0 Å². The van der Waals surface area contributed by atoms with Gasteiger partial charge in [0.1, 0.15) is 5.75 Å². The van der Waals surface area contributed by atoms with Crippen molar-refractivity contribution in [3.8, 4) is 5.75 Å². The zero-order valence-electron chi connectivity index (χ0n) is 9.92. The Kier molecular flexibility index (Phi) is 5.00. The van der Waals surface area contributed by atoms with Gasteiger partial charge in [-0.05, 0) is 24.5 Å². The third kappa shape index (κ3) is 4.38. The molecule has 0 aliphatic carbocycles. The number of carbonyl (C=O) groups excluding carboxylic acids is 1. The Morgan fingerprint density at radius 2 is 2.37 bits per heavy atom. The van der Waals surface area contributed by atoms with Gasteiger partial charge in [0.2, 0.25) is 5.13 Å². The van der Waals surface area contributed by atoms with Gasteiger partial charge in [0.25, 0.3) is 5.91 Å². The standard InChI is InChI=1S/C11H10ClN3O2S2/c1-18-11-15-14-10(19-11)13-9(16)6-17-8-4-2-3-7(12)5-8/h2-5H,6H2,1H3,(H,13,14,16). The largest absolute Gasteiger partial charge is 0.484 e. The molecular formula is C11H10ClN3O2S2. The summed E-state index contributed by atoms with van der Waals surface area (Å²) in [4.78, 5) is 11.6. The summed E-state index contributed by atoms with van der Waals surface area (Å²) >= 11 is 8.60. The number of rotatable bonds is 5. The van der Waals surface area contributed by atoms with Crippen LogP contribution in [0.25, 0.3) is 0 Å². The topological polar surface area (TPSA) is 64.1 Å². The van der Waals surface area contributed by atoms with Crippen LogP contribution in [-0.4, -0.2) is 29.0 Å². The van der Waals surface area contributed by atoms with Crippen LogP contribution in [0.4, 0.5) is 5.13 Å². The molecule has 0 bridgehead atoms. The molecule has 2 aromatic rings. The number of nitrogens with one attached hydrogen (secondary N) is 1. The summed E-state index contributed by atoms with van der Waals surface area (Å²) < 4.78 is 6.11.